The van der Waals surface area contributed by atoms with Crippen molar-refractivity contribution in [1.29, 1.82) is 0 Å². The van der Waals surface area contributed by atoms with Gasteiger partial charge < -0.3 is 28.8 Å². The molecule has 12 heteroatoms. The van der Waals surface area contributed by atoms with Crippen molar-refractivity contribution < 1.29 is 46.0 Å². The van der Waals surface area contributed by atoms with Gasteiger partial charge in [0.1, 0.15) is 23.0 Å². The standard InChI is InChI=1S/C83H96F6N2O4/c1-76(2,3)44-82(19,20)50-38-56(74(92)64(40-50)90-60-28-24-46(78(7,8)9)34-52(60)53-35-47(79(10,11)12)25-29-61(53)90)68-66(42-58(84)70(86)72(68)88)94-32-23-33-95-67-43-59(85)71(87)73(89)69(67)57-39-51(83(21,22)45-77(4,5)6)41-65(75(57)93)91-62-30-26-48(80(13,14)15)36-54(62)55-37-49(81(16,17)18)27-31-63(55)91/h24-31,34-43,92-93H,23,32-33,44-45H2,1-22H3. The van der Waals surface area contributed by atoms with Gasteiger partial charge in [-0.3, -0.25) is 0 Å². The number of fused-ring (bicyclic) bond motifs is 6. The third-order valence-electron chi connectivity index (χ3n) is 18.8. The predicted octanol–water partition coefficient (Wildman–Crippen LogP) is 23.9. The maximum atomic E-state index is 17.1. The molecular weight excluding hydrogens is 1200 g/mol. The zero-order valence-corrected chi connectivity index (χ0v) is 59.8. The van der Waals surface area contributed by atoms with Crippen LogP contribution in [0, 0.1) is 45.7 Å². The monoisotopic (exact) mass is 1300 g/mol. The molecular formula is C83H96F6N2O4. The second-order valence-electron chi connectivity index (χ2n) is 34.4. The highest BCUT2D eigenvalue weighted by Crippen LogP contribution is 2.52. The van der Waals surface area contributed by atoms with Gasteiger partial charge >= 0.3 is 0 Å². The van der Waals surface area contributed by atoms with Gasteiger partial charge in [-0.25, -0.2) is 26.3 Å². The van der Waals surface area contributed by atoms with Crippen LogP contribution in [0.2, 0.25) is 0 Å². The molecule has 2 heterocycles. The first-order valence-electron chi connectivity index (χ1n) is 33.2. The number of aromatic nitrogens is 2. The molecule has 0 radical (unpaired) electrons. The molecule has 10 rings (SSSR count). The van der Waals surface area contributed by atoms with E-state index in [1.165, 1.54) is 0 Å². The molecule has 0 bridgehead atoms. The molecule has 0 aliphatic heterocycles. The summed E-state index contributed by atoms with van der Waals surface area (Å²) in [5, 5.41) is 29.6. The van der Waals surface area contributed by atoms with E-state index in [4.69, 9.17) is 9.47 Å². The van der Waals surface area contributed by atoms with Crippen LogP contribution in [-0.4, -0.2) is 32.6 Å². The summed E-state index contributed by atoms with van der Waals surface area (Å²) >= 11 is 0. The Kier molecular flexibility index (Phi) is 17.7. The third-order valence-corrected chi connectivity index (χ3v) is 18.8. The number of rotatable bonds is 14. The number of hydrogen-bond acceptors (Lipinski definition) is 4. The van der Waals surface area contributed by atoms with E-state index in [2.05, 4.69) is 201 Å². The smallest absolute Gasteiger partial charge is 0.195 e. The van der Waals surface area contributed by atoms with Gasteiger partial charge in [0.2, 0.25) is 0 Å². The zero-order chi connectivity index (χ0) is 70.2. The first kappa shape index (κ1) is 70.0. The molecule has 0 amide bonds. The van der Waals surface area contributed by atoms with Crippen molar-refractivity contribution in [3.05, 3.63) is 177 Å². The first-order valence-corrected chi connectivity index (χ1v) is 33.2. The maximum Gasteiger partial charge on any atom is 0.195 e. The minimum atomic E-state index is -1.77. The molecule has 2 N–H and O–H groups in total. The number of halogens is 6. The number of nitrogens with zero attached hydrogens (tertiary/aromatic N) is 2. The molecule has 0 saturated carbocycles. The average Bonchev–Trinajstić information content (AvgIpc) is 1.63. The van der Waals surface area contributed by atoms with Gasteiger partial charge in [-0.2, -0.15) is 0 Å². The quantitative estimate of drug-likeness (QED) is 0.0647. The van der Waals surface area contributed by atoms with Gasteiger partial charge in [0.15, 0.2) is 34.9 Å². The Morgan fingerprint density at radius 2 is 0.611 bits per heavy atom. The molecule has 95 heavy (non-hydrogen) atoms. The summed E-state index contributed by atoms with van der Waals surface area (Å²) in [5.41, 5.74) is 5.47. The van der Waals surface area contributed by atoms with E-state index in [0.717, 1.165) is 78.0 Å². The highest BCUT2D eigenvalue weighted by molar-refractivity contribution is 6.11. The number of ether oxygens (including phenoxy) is 2. The number of benzene rings is 8. The van der Waals surface area contributed by atoms with Crippen LogP contribution in [0.4, 0.5) is 26.3 Å². The van der Waals surface area contributed by atoms with Crippen molar-refractivity contribution in [2.24, 2.45) is 10.8 Å². The predicted molar refractivity (Wildman–Crippen MR) is 380 cm³/mol. The summed E-state index contributed by atoms with van der Waals surface area (Å²) in [6, 6.07) is 33.5. The van der Waals surface area contributed by atoms with Crippen LogP contribution in [0.25, 0.3) is 77.2 Å². The van der Waals surface area contributed by atoms with Crippen LogP contribution in [0.1, 0.15) is 205 Å². The van der Waals surface area contributed by atoms with Gasteiger partial charge in [-0.1, -0.05) is 177 Å². The molecule has 6 nitrogen and oxygen atoms in total. The molecule has 2 aromatic heterocycles. The number of aromatic hydroxyl groups is 2. The molecule has 0 saturated heterocycles. The fourth-order valence-corrected chi connectivity index (χ4v) is 14.3. The normalized spacial score (nSPS) is 13.3. The van der Waals surface area contributed by atoms with E-state index >= 15 is 26.3 Å². The van der Waals surface area contributed by atoms with Gasteiger partial charge in [0, 0.05) is 51.2 Å². The second kappa shape index (κ2) is 24.0. The van der Waals surface area contributed by atoms with Crippen molar-refractivity contribution in [3.8, 4) is 56.6 Å². The van der Waals surface area contributed by atoms with E-state index in [1.54, 1.807) is 12.1 Å². The van der Waals surface area contributed by atoms with Crippen molar-refractivity contribution >= 4 is 43.6 Å². The molecule has 0 aliphatic rings. The Hall–Kier alpha value is -7.86. The van der Waals surface area contributed by atoms with E-state index < -0.39 is 79.9 Å². The minimum absolute atomic E-state index is 0.102. The largest absolute Gasteiger partial charge is 0.505 e. The molecule has 0 unspecified atom stereocenters. The van der Waals surface area contributed by atoms with E-state index in [9.17, 15) is 10.2 Å². The van der Waals surface area contributed by atoms with Gasteiger partial charge in [0.05, 0.1) is 57.8 Å². The molecule has 0 atom stereocenters. The molecule has 8 aromatic carbocycles. The lowest BCUT2D eigenvalue weighted by atomic mass is 9.71. The number of hydrogen-bond donors (Lipinski definition) is 2. The average molecular weight is 1300 g/mol. The van der Waals surface area contributed by atoms with E-state index in [1.807, 2.05) is 45.5 Å². The Morgan fingerprint density at radius 1 is 0.337 bits per heavy atom. The fraction of sp³-hybridized carbons (Fsp3) is 0.422. The van der Waals surface area contributed by atoms with Crippen LogP contribution in [0.15, 0.2) is 109 Å². The topological polar surface area (TPSA) is 68.8 Å². The van der Waals surface area contributed by atoms with E-state index in [-0.39, 0.29) is 74.6 Å². The summed E-state index contributed by atoms with van der Waals surface area (Å²) in [7, 11) is 0. The van der Waals surface area contributed by atoms with Crippen molar-refractivity contribution in [3.63, 3.8) is 0 Å². The molecule has 504 valence electrons. The summed E-state index contributed by atoms with van der Waals surface area (Å²) in [4.78, 5) is 0. The van der Waals surface area contributed by atoms with Gasteiger partial charge in [-0.15, -0.1) is 0 Å². The van der Waals surface area contributed by atoms with Gasteiger partial charge in [0.25, 0.3) is 0 Å². The Balaban J connectivity index is 1.08. The Bertz CT molecular complexity index is 4240. The lowest BCUT2D eigenvalue weighted by molar-refractivity contribution is 0.245. The fourth-order valence-electron chi connectivity index (χ4n) is 14.3. The summed E-state index contributed by atoms with van der Waals surface area (Å²) in [6.45, 7) is 46.0. The van der Waals surface area contributed by atoms with Crippen LogP contribution in [0.3, 0.4) is 0 Å². The molecule has 0 spiro atoms. The van der Waals surface area contributed by atoms with Crippen LogP contribution in [-0.2, 0) is 32.5 Å². The third kappa shape index (κ3) is 13.6. The number of phenols is 2. The summed E-state index contributed by atoms with van der Waals surface area (Å²) in [5.74, 6) is -11.5. The highest BCUT2D eigenvalue weighted by Gasteiger charge is 2.36. The second-order valence-corrected chi connectivity index (χ2v) is 34.4. The van der Waals surface area contributed by atoms with Crippen molar-refractivity contribution in [1.82, 2.24) is 9.13 Å². The Morgan fingerprint density at radius 3 is 0.863 bits per heavy atom. The maximum absolute atomic E-state index is 17.1. The molecule has 10 aromatic rings. The summed E-state index contributed by atoms with van der Waals surface area (Å²) < 4.78 is 114. The molecule has 0 fully saturated rings. The number of phenolic OH excluding ortho intramolecular Hbond substituents is 2. The van der Waals surface area contributed by atoms with E-state index in [0.29, 0.717) is 24.0 Å². The van der Waals surface area contributed by atoms with Crippen LogP contribution < -0.4 is 9.47 Å². The van der Waals surface area contributed by atoms with Crippen molar-refractivity contribution in [2.75, 3.05) is 13.2 Å². The zero-order valence-electron chi connectivity index (χ0n) is 59.8. The first-order chi connectivity index (χ1) is 43.7. The summed E-state index contributed by atoms with van der Waals surface area (Å²) in [6.07, 6.45) is 1.16. The molecule has 0 aliphatic carbocycles. The van der Waals surface area contributed by atoms with Crippen LogP contribution >= 0.6 is 0 Å². The lowest BCUT2D eigenvalue weighted by Crippen LogP contribution is -2.25. The van der Waals surface area contributed by atoms with Crippen molar-refractivity contribution in [2.45, 2.75) is 204 Å². The van der Waals surface area contributed by atoms with Gasteiger partial charge in [-0.05, 0) is 162 Å². The lowest BCUT2D eigenvalue weighted by Gasteiger charge is -2.34. The highest BCUT2D eigenvalue weighted by atomic mass is 19.2. The SMILES string of the molecule is CC(C)(C)CC(C)(C)c1cc(-c2c(OCCCOc3cc(F)c(F)c(F)c3-c3cc(C(C)(C)CC(C)(C)C)cc(-n4c5ccc(C(C)(C)C)cc5c5cc(C(C)(C)C)ccc54)c3O)cc(F)c(F)c2F)c(O)c(-n2c3ccc(C(C)(C)C)cc3c3cc(C(C)(C)C)ccc32)c1. The minimum Gasteiger partial charge on any atom is -0.505 e. The Labute approximate surface area is 558 Å². The van der Waals surface area contributed by atoms with Crippen LogP contribution in [0.5, 0.6) is 23.0 Å².